The zero-order chi connectivity index (χ0) is 13.1. The number of nitrogens with one attached hydrogen (secondary N) is 1. The van der Waals surface area contributed by atoms with Gasteiger partial charge in [0, 0.05) is 15.9 Å². The zero-order valence-corrected chi connectivity index (χ0v) is 13.6. The molecule has 1 aromatic carbocycles. The monoisotopic (exact) mass is 363 g/mol. The number of hydrogen-bond acceptors (Lipinski definition) is 2. The van der Waals surface area contributed by atoms with Crippen molar-refractivity contribution < 1.29 is 0 Å². The second kappa shape index (κ2) is 6.40. The molecule has 0 saturated heterocycles. The molecule has 0 amide bonds. The van der Waals surface area contributed by atoms with Gasteiger partial charge in [-0.25, -0.2) is 0 Å². The molecule has 5 heteroatoms. The molecule has 1 heterocycles. The lowest BCUT2D eigenvalue weighted by Gasteiger charge is -2.14. The molecule has 18 heavy (non-hydrogen) atoms. The highest BCUT2D eigenvalue weighted by Gasteiger charge is 2.14. The van der Waals surface area contributed by atoms with Gasteiger partial charge in [-0.3, -0.25) is 0 Å². The molecular formula is C13H12BrCl2NS. The van der Waals surface area contributed by atoms with E-state index in [0.717, 1.165) is 20.3 Å². The Hall–Kier alpha value is -0.0600. The Morgan fingerprint density at radius 2 is 1.94 bits per heavy atom. The first-order valence-electron chi connectivity index (χ1n) is 5.46. The third-order valence-electron chi connectivity index (χ3n) is 2.71. The van der Waals surface area contributed by atoms with Crippen LogP contribution in [0.3, 0.4) is 0 Å². The molecule has 2 aromatic rings. The van der Waals surface area contributed by atoms with Crippen LogP contribution < -0.4 is 5.32 Å². The van der Waals surface area contributed by atoms with Gasteiger partial charge < -0.3 is 5.32 Å². The number of halogens is 3. The van der Waals surface area contributed by atoms with Gasteiger partial charge in [-0.15, -0.1) is 11.3 Å². The van der Waals surface area contributed by atoms with Crippen LogP contribution in [-0.4, -0.2) is 7.05 Å². The summed E-state index contributed by atoms with van der Waals surface area (Å²) in [6, 6.07) is 10.2. The van der Waals surface area contributed by atoms with E-state index in [4.69, 9.17) is 23.2 Å². The third kappa shape index (κ3) is 3.49. The van der Waals surface area contributed by atoms with Crippen LogP contribution in [0.5, 0.6) is 0 Å². The molecule has 1 unspecified atom stereocenters. The van der Waals surface area contributed by atoms with Crippen LogP contribution >= 0.6 is 50.5 Å². The smallest absolute Gasteiger partial charge is 0.0887 e. The zero-order valence-electron chi connectivity index (χ0n) is 9.71. The molecule has 1 aromatic heterocycles. The molecule has 0 fully saturated rings. The summed E-state index contributed by atoms with van der Waals surface area (Å²) < 4.78 is 0.982. The van der Waals surface area contributed by atoms with Crippen LogP contribution in [0.4, 0.5) is 0 Å². The van der Waals surface area contributed by atoms with Crippen molar-refractivity contribution in [3.63, 3.8) is 0 Å². The van der Waals surface area contributed by atoms with Crippen LogP contribution in [0, 0.1) is 0 Å². The second-order valence-corrected chi connectivity index (χ2v) is 7.19. The molecular weight excluding hydrogens is 353 g/mol. The van der Waals surface area contributed by atoms with Gasteiger partial charge in [0.2, 0.25) is 0 Å². The maximum Gasteiger partial charge on any atom is 0.0887 e. The van der Waals surface area contributed by atoms with Gasteiger partial charge in [0.05, 0.1) is 8.81 Å². The quantitative estimate of drug-likeness (QED) is 0.773. The highest BCUT2D eigenvalue weighted by atomic mass is 79.9. The summed E-state index contributed by atoms with van der Waals surface area (Å²) in [7, 11) is 1.96. The van der Waals surface area contributed by atoms with Crippen molar-refractivity contribution in [3.05, 3.63) is 54.6 Å². The molecule has 0 aliphatic rings. The van der Waals surface area contributed by atoms with E-state index in [2.05, 4.69) is 33.4 Å². The first-order valence-corrected chi connectivity index (χ1v) is 7.83. The topological polar surface area (TPSA) is 12.0 Å². The van der Waals surface area contributed by atoms with E-state index in [-0.39, 0.29) is 6.04 Å². The minimum atomic E-state index is 0.264. The standard InChI is InChI=1S/C13H12BrCl2NS/c1-17-11(12-7-10(16)13(14)18-12)6-8-2-4-9(15)5-3-8/h2-5,7,11,17H,6H2,1H3. The van der Waals surface area contributed by atoms with Crippen molar-refractivity contribution >= 4 is 50.5 Å². The fourth-order valence-electron chi connectivity index (χ4n) is 1.74. The highest BCUT2D eigenvalue weighted by Crippen LogP contribution is 2.36. The minimum absolute atomic E-state index is 0.264. The van der Waals surface area contributed by atoms with E-state index in [1.807, 2.05) is 25.2 Å². The lowest BCUT2D eigenvalue weighted by atomic mass is 10.1. The Balaban J connectivity index is 2.16. The van der Waals surface area contributed by atoms with Gasteiger partial charge >= 0.3 is 0 Å². The predicted molar refractivity (Wildman–Crippen MR) is 84.0 cm³/mol. The van der Waals surface area contributed by atoms with Crippen LogP contribution in [0.25, 0.3) is 0 Å². The molecule has 0 radical (unpaired) electrons. The van der Waals surface area contributed by atoms with Gasteiger partial charge in [-0.1, -0.05) is 35.3 Å². The maximum atomic E-state index is 6.07. The Bertz CT molecular complexity index is 505. The van der Waals surface area contributed by atoms with Gasteiger partial charge in [-0.2, -0.15) is 0 Å². The van der Waals surface area contributed by atoms with Crippen molar-refractivity contribution in [2.45, 2.75) is 12.5 Å². The van der Waals surface area contributed by atoms with E-state index in [1.165, 1.54) is 10.4 Å². The summed E-state index contributed by atoms with van der Waals surface area (Å²) in [5.41, 5.74) is 1.25. The van der Waals surface area contributed by atoms with Crippen LogP contribution in [0.15, 0.2) is 34.1 Å². The Kier molecular flexibility index (Phi) is 5.10. The predicted octanol–water partition coefficient (Wildman–Crippen LogP) is 5.32. The maximum absolute atomic E-state index is 6.07. The molecule has 0 bridgehead atoms. The van der Waals surface area contributed by atoms with Gasteiger partial charge in [0.1, 0.15) is 0 Å². The molecule has 0 aliphatic heterocycles. The summed E-state index contributed by atoms with van der Waals surface area (Å²) >= 11 is 17.1. The number of likely N-dealkylation sites (N-methyl/N-ethyl adjacent to an activating group) is 1. The van der Waals surface area contributed by atoms with Crippen molar-refractivity contribution in [2.75, 3.05) is 7.05 Å². The van der Waals surface area contributed by atoms with E-state index in [9.17, 15) is 0 Å². The fraction of sp³-hybridized carbons (Fsp3) is 0.231. The van der Waals surface area contributed by atoms with Crippen molar-refractivity contribution in [1.82, 2.24) is 5.32 Å². The van der Waals surface area contributed by atoms with E-state index >= 15 is 0 Å². The molecule has 1 N–H and O–H groups in total. The first-order chi connectivity index (χ1) is 8.60. The molecule has 96 valence electrons. The summed E-state index contributed by atoms with van der Waals surface area (Å²) in [6.45, 7) is 0. The second-order valence-electron chi connectivity index (χ2n) is 3.94. The van der Waals surface area contributed by atoms with Gasteiger partial charge in [0.25, 0.3) is 0 Å². The van der Waals surface area contributed by atoms with Crippen molar-refractivity contribution in [1.29, 1.82) is 0 Å². The minimum Gasteiger partial charge on any atom is -0.312 e. The van der Waals surface area contributed by atoms with Crippen molar-refractivity contribution in [2.24, 2.45) is 0 Å². The highest BCUT2D eigenvalue weighted by molar-refractivity contribution is 9.11. The van der Waals surface area contributed by atoms with Crippen LogP contribution in [-0.2, 0) is 6.42 Å². The van der Waals surface area contributed by atoms with E-state index < -0.39 is 0 Å². The largest absolute Gasteiger partial charge is 0.312 e. The lowest BCUT2D eigenvalue weighted by Crippen LogP contribution is -2.17. The third-order valence-corrected chi connectivity index (χ3v) is 5.55. The normalized spacial score (nSPS) is 12.7. The molecule has 0 saturated carbocycles. The Morgan fingerprint density at radius 3 is 2.44 bits per heavy atom. The lowest BCUT2D eigenvalue weighted by molar-refractivity contribution is 0.602. The van der Waals surface area contributed by atoms with Crippen LogP contribution in [0.2, 0.25) is 10.0 Å². The average Bonchev–Trinajstić information content (AvgIpc) is 2.69. The van der Waals surface area contributed by atoms with Gasteiger partial charge in [0.15, 0.2) is 0 Å². The summed E-state index contributed by atoms with van der Waals surface area (Å²) in [6.07, 6.45) is 0.914. The number of thiophene rings is 1. The number of benzene rings is 1. The fourth-order valence-corrected chi connectivity index (χ4v) is 3.72. The molecule has 1 nitrogen and oxygen atoms in total. The number of rotatable bonds is 4. The summed E-state index contributed by atoms with van der Waals surface area (Å²) in [4.78, 5) is 1.23. The first kappa shape index (κ1) is 14.4. The molecule has 0 spiro atoms. The summed E-state index contributed by atoms with van der Waals surface area (Å²) in [5, 5.41) is 4.86. The average molecular weight is 365 g/mol. The van der Waals surface area contributed by atoms with E-state index in [0.29, 0.717) is 0 Å². The Morgan fingerprint density at radius 1 is 1.28 bits per heavy atom. The summed E-state index contributed by atoms with van der Waals surface area (Å²) in [5.74, 6) is 0. The Labute approximate surface area is 129 Å². The van der Waals surface area contributed by atoms with E-state index in [1.54, 1.807) is 11.3 Å². The number of hydrogen-bond donors (Lipinski definition) is 1. The molecule has 0 aliphatic carbocycles. The SMILES string of the molecule is CNC(Cc1ccc(Cl)cc1)c1cc(Cl)c(Br)s1. The molecule has 1 atom stereocenters. The van der Waals surface area contributed by atoms with Gasteiger partial charge in [-0.05, 0) is 53.2 Å². The van der Waals surface area contributed by atoms with Crippen molar-refractivity contribution in [3.8, 4) is 0 Å². The van der Waals surface area contributed by atoms with Crippen LogP contribution in [0.1, 0.15) is 16.5 Å². The molecule has 2 rings (SSSR count).